The average molecular weight is 294 g/mol. The molecule has 1 N–H and O–H groups in total. The molecule has 0 atom stereocenters. The van der Waals surface area contributed by atoms with E-state index in [0.29, 0.717) is 0 Å². The fourth-order valence-electron chi connectivity index (χ4n) is 1.94. The van der Waals surface area contributed by atoms with Gasteiger partial charge in [-0.2, -0.15) is 0 Å². The molecule has 1 fully saturated rings. The van der Waals surface area contributed by atoms with Gasteiger partial charge >= 0.3 is 5.97 Å². The van der Waals surface area contributed by atoms with Gasteiger partial charge in [0, 0.05) is 18.4 Å². The molecule has 2 heterocycles. The molecule has 106 valence electrons. The van der Waals surface area contributed by atoms with E-state index in [1.807, 2.05) is 31.5 Å². The molecule has 2 rings (SSSR count). The van der Waals surface area contributed by atoms with E-state index in [1.54, 1.807) is 6.08 Å². The highest BCUT2D eigenvalue weighted by Crippen LogP contribution is 2.32. The number of aromatic nitrogens is 1. The molecule has 0 aromatic carbocycles. The molecule has 1 aliphatic heterocycles. The van der Waals surface area contributed by atoms with Crippen LogP contribution in [0.25, 0.3) is 6.08 Å². The highest BCUT2D eigenvalue weighted by molar-refractivity contribution is 8.18. The number of carbonyl (C=O) groups excluding carboxylic acids is 2. The summed E-state index contributed by atoms with van der Waals surface area (Å²) in [5.74, 6) is -1.76. The van der Waals surface area contributed by atoms with E-state index in [1.165, 1.54) is 0 Å². The highest BCUT2D eigenvalue weighted by atomic mass is 32.2. The third kappa shape index (κ3) is 2.49. The summed E-state index contributed by atoms with van der Waals surface area (Å²) in [6.45, 7) is 3.26. The van der Waals surface area contributed by atoms with Crippen LogP contribution in [0.15, 0.2) is 11.0 Å². The maximum atomic E-state index is 12.0. The minimum atomic E-state index is -1.21. The monoisotopic (exact) mass is 294 g/mol. The molecule has 6 nitrogen and oxygen atoms in total. The van der Waals surface area contributed by atoms with Crippen LogP contribution >= 0.6 is 11.8 Å². The van der Waals surface area contributed by atoms with E-state index in [0.717, 1.165) is 33.6 Å². The molecule has 7 heteroatoms. The van der Waals surface area contributed by atoms with Crippen molar-refractivity contribution in [3.63, 3.8) is 0 Å². The van der Waals surface area contributed by atoms with Crippen LogP contribution in [0.4, 0.5) is 4.79 Å². The Labute approximate surface area is 120 Å². The molecule has 0 aliphatic carbocycles. The summed E-state index contributed by atoms with van der Waals surface area (Å²) < 4.78 is 1.98. The lowest BCUT2D eigenvalue weighted by molar-refractivity contribution is -0.140. The van der Waals surface area contributed by atoms with Crippen molar-refractivity contribution in [1.82, 2.24) is 9.47 Å². The van der Waals surface area contributed by atoms with E-state index < -0.39 is 23.7 Å². The van der Waals surface area contributed by atoms with Crippen LogP contribution < -0.4 is 0 Å². The van der Waals surface area contributed by atoms with Gasteiger partial charge in [0.2, 0.25) is 0 Å². The Hall–Kier alpha value is -2.02. The number of aliphatic carboxylic acids is 1. The maximum Gasteiger partial charge on any atom is 0.323 e. The predicted molar refractivity (Wildman–Crippen MR) is 75.2 cm³/mol. The van der Waals surface area contributed by atoms with Crippen molar-refractivity contribution in [2.75, 3.05) is 6.54 Å². The first-order valence-corrected chi connectivity index (χ1v) is 6.73. The SMILES string of the molecule is Cc1cc(/C=C2/SC(=O)N(CC(=O)O)C2=O)c(C)n1C. The second-order valence-corrected chi connectivity index (χ2v) is 5.54. The molecule has 1 saturated heterocycles. The molecule has 0 unspecified atom stereocenters. The van der Waals surface area contributed by atoms with E-state index in [-0.39, 0.29) is 4.91 Å². The molecule has 0 radical (unpaired) electrons. The van der Waals surface area contributed by atoms with Crippen molar-refractivity contribution in [3.05, 3.63) is 27.9 Å². The van der Waals surface area contributed by atoms with Gasteiger partial charge in [-0.05, 0) is 43.3 Å². The summed E-state index contributed by atoms with van der Waals surface area (Å²) in [4.78, 5) is 35.3. The Kier molecular flexibility index (Phi) is 3.71. The topological polar surface area (TPSA) is 79.6 Å². The molecule has 0 saturated carbocycles. The number of amides is 2. The van der Waals surface area contributed by atoms with Crippen molar-refractivity contribution in [3.8, 4) is 0 Å². The van der Waals surface area contributed by atoms with E-state index in [2.05, 4.69) is 0 Å². The molecular weight excluding hydrogens is 280 g/mol. The lowest BCUT2D eigenvalue weighted by Gasteiger charge is -2.07. The summed E-state index contributed by atoms with van der Waals surface area (Å²) in [5, 5.41) is 8.14. The Balaban J connectivity index is 2.32. The fourth-order valence-corrected chi connectivity index (χ4v) is 2.77. The summed E-state index contributed by atoms with van der Waals surface area (Å²) in [7, 11) is 1.91. The minimum Gasteiger partial charge on any atom is -0.480 e. The van der Waals surface area contributed by atoms with Crippen molar-refractivity contribution in [2.45, 2.75) is 13.8 Å². The second kappa shape index (κ2) is 5.16. The van der Waals surface area contributed by atoms with E-state index in [9.17, 15) is 14.4 Å². The lowest BCUT2D eigenvalue weighted by Crippen LogP contribution is -2.33. The quantitative estimate of drug-likeness (QED) is 0.859. The molecule has 1 aromatic rings. The van der Waals surface area contributed by atoms with Gasteiger partial charge in [-0.3, -0.25) is 19.3 Å². The van der Waals surface area contributed by atoms with Crippen LogP contribution in [0.1, 0.15) is 17.0 Å². The number of rotatable bonds is 3. The molecule has 20 heavy (non-hydrogen) atoms. The average Bonchev–Trinajstić information content (AvgIpc) is 2.75. The Morgan fingerprint density at radius 2 is 2.05 bits per heavy atom. The van der Waals surface area contributed by atoms with Gasteiger partial charge in [-0.1, -0.05) is 0 Å². The van der Waals surface area contributed by atoms with Crippen LogP contribution in [0.3, 0.4) is 0 Å². The van der Waals surface area contributed by atoms with Crippen LogP contribution in [0.2, 0.25) is 0 Å². The second-order valence-electron chi connectivity index (χ2n) is 4.55. The molecular formula is C13H14N2O4S. The van der Waals surface area contributed by atoms with Gasteiger partial charge in [0.15, 0.2) is 0 Å². The Morgan fingerprint density at radius 3 is 2.55 bits per heavy atom. The molecule has 0 spiro atoms. The standard InChI is InChI=1S/C13H14N2O4S/c1-7-4-9(8(2)14(7)3)5-10-12(18)15(6-11(16)17)13(19)20-10/h4-5H,6H2,1-3H3,(H,16,17)/b10-5+. The number of aryl methyl sites for hydroxylation is 1. The third-order valence-electron chi connectivity index (χ3n) is 3.27. The zero-order valence-corrected chi connectivity index (χ0v) is 12.2. The largest absolute Gasteiger partial charge is 0.480 e. The number of imide groups is 1. The predicted octanol–water partition coefficient (Wildman–Crippen LogP) is 1.76. The number of carbonyl (C=O) groups is 3. The first-order valence-electron chi connectivity index (χ1n) is 5.91. The lowest BCUT2D eigenvalue weighted by atomic mass is 10.2. The van der Waals surface area contributed by atoms with E-state index in [4.69, 9.17) is 5.11 Å². The van der Waals surface area contributed by atoms with Gasteiger partial charge in [0.1, 0.15) is 6.54 Å². The fraction of sp³-hybridized carbons (Fsp3) is 0.308. The zero-order valence-electron chi connectivity index (χ0n) is 11.3. The van der Waals surface area contributed by atoms with Crippen LogP contribution in [-0.2, 0) is 16.6 Å². The van der Waals surface area contributed by atoms with E-state index >= 15 is 0 Å². The maximum absolute atomic E-state index is 12.0. The van der Waals surface area contributed by atoms with Gasteiger partial charge in [-0.25, -0.2) is 0 Å². The zero-order chi connectivity index (χ0) is 15.0. The molecule has 1 aromatic heterocycles. The van der Waals surface area contributed by atoms with Gasteiger partial charge < -0.3 is 9.67 Å². The number of hydrogen-bond donors (Lipinski definition) is 1. The molecule has 1 aliphatic rings. The van der Waals surface area contributed by atoms with Crippen LogP contribution in [0, 0.1) is 13.8 Å². The Morgan fingerprint density at radius 1 is 1.40 bits per heavy atom. The van der Waals surface area contributed by atoms with Crippen molar-refractivity contribution < 1.29 is 19.5 Å². The summed E-state index contributed by atoms with van der Waals surface area (Å²) in [6, 6.07) is 1.92. The first kappa shape index (κ1) is 14.4. The van der Waals surface area contributed by atoms with Crippen molar-refractivity contribution in [2.24, 2.45) is 7.05 Å². The minimum absolute atomic E-state index is 0.255. The Bertz CT molecular complexity index is 645. The number of carboxylic acid groups (broad SMARTS) is 1. The van der Waals surface area contributed by atoms with Gasteiger partial charge in [0.05, 0.1) is 4.91 Å². The third-order valence-corrected chi connectivity index (χ3v) is 4.18. The summed E-state index contributed by atoms with van der Waals surface area (Å²) in [6.07, 6.45) is 1.63. The summed E-state index contributed by atoms with van der Waals surface area (Å²) in [5.41, 5.74) is 2.87. The van der Waals surface area contributed by atoms with Crippen LogP contribution in [-0.4, -0.2) is 38.2 Å². The van der Waals surface area contributed by atoms with Crippen LogP contribution in [0.5, 0.6) is 0 Å². The number of thioether (sulfide) groups is 1. The highest BCUT2D eigenvalue weighted by Gasteiger charge is 2.36. The van der Waals surface area contributed by atoms with Gasteiger partial charge in [-0.15, -0.1) is 0 Å². The number of carboxylic acids is 1. The smallest absolute Gasteiger partial charge is 0.323 e. The first-order chi connectivity index (χ1) is 9.31. The van der Waals surface area contributed by atoms with Gasteiger partial charge in [0.25, 0.3) is 11.1 Å². The molecule has 0 bridgehead atoms. The van der Waals surface area contributed by atoms with Crippen molar-refractivity contribution in [1.29, 1.82) is 0 Å². The normalized spacial score (nSPS) is 17.4. The summed E-state index contributed by atoms with van der Waals surface area (Å²) >= 11 is 0.768. The molecule has 2 amide bonds. The van der Waals surface area contributed by atoms with Crippen molar-refractivity contribution >= 4 is 35.0 Å². The number of hydrogen-bond acceptors (Lipinski definition) is 4. The number of nitrogens with zero attached hydrogens (tertiary/aromatic N) is 2.